The van der Waals surface area contributed by atoms with E-state index in [9.17, 15) is 15.8 Å². The first-order valence-corrected chi connectivity index (χ1v) is 27.3. The molecule has 0 aromatic rings. The summed E-state index contributed by atoms with van der Waals surface area (Å²) in [6.07, 6.45) is 0.877. The van der Waals surface area contributed by atoms with E-state index in [0.717, 1.165) is 0 Å². The van der Waals surface area contributed by atoms with Crippen LogP contribution in [0.2, 0.25) is 77.1 Å². The lowest BCUT2D eigenvalue weighted by Crippen LogP contribution is -2.65. The van der Waals surface area contributed by atoms with Crippen molar-refractivity contribution in [2.75, 3.05) is 0 Å². The zero-order valence-corrected chi connectivity index (χ0v) is 27.5. The van der Waals surface area contributed by atoms with E-state index >= 15 is 0 Å². The van der Waals surface area contributed by atoms with Crippen molar-refractivity contribution in [2.24, 2.45) is 0 Å². The molecule has 9 nitrogen and oxygen atoms in total. The third-order valence-electron chi connectivity index (χ3n) is 4.84. The molecule has 1 saturated heterocycles. The molecule has 15 heteroatoms. The van der Waals surface area contributed by atoms with Crippen LogP contribution >= 0.6 is 0 Å². The summed E-state index contributed by atoms with van der Waals surface area (Å²) >= 11 is 0. The number of rotatable bonds is 6. The summed E-state index contributed by atoms with van der Waals surface area (Å²) in [7, 11) is -16.9. The fraction of sp³-hybridized carbons (Fsp3) is 0.833. The van der Waals surface area contributed by atoms with Crippen molar-refractivity contribution in [1.82, 2.24) is 0 Å². The van der Waals surface area contributed by atoms with E-state index in [0.29, 0.717) is 31.0 Å². The summed E-state index contributed by atoms with van der Waals surface area (Å²) in [5.74, 6) is 0. The Morgan fingerprint density at radius 3 is 0.939 bits per heavy atom. The first kappa shape index (κ1) is 30.6. The van der Waals surface area contributed by atoms with Gasteiger partial charge in [0.05, 0.1) is 18.2 Å². The van der Waals surface area contributed by atoms with Crippen LogP contribution in [0.3, 0.4) is 0 Å². The molecule has 186 valence electrons. The molecule has 0 radical (unpaired) electrons. The number of nitrogens with zero attached hydrogens (tertiary/aromatic N) is 3. The lowest BCUT2D eigenvalue weighted by molar-refractivity contribution is 0.231. The molecule has 2 unspecified atom stereocenters. The monoisotopic (exact) mass is 561 g/mol. The third-order valence-corrected chi connectivity index (χ3v) is 30.5. The van der Waals surface area contributed by atoms with E-state index in [1.165, 1.54) is 0 Å². The van der Waals surface area contributed by atoms with Gasteiger partial charge in [-0.05, 0) is 58.9 Å². The minimum atomic E-state index is -2.99. The van der Waals surface area contributed by atoms with Gasteiger partial charge in [0.25, 0.3) is 0 Å². The van der Waals surface area contributed by atoms with Gasteiger partial charge >= 0.3 is 51.4 Å². The quantitative estimate of drug-likeness (QED) is 0.404. The summed E-state index contributed by atoms with van der Waals surface area (Å²) in [5.41, 5.74) is 0. The average Bonchev–Trinajstić information content (AvgIpc) is 2.58. The topological polar surface area (TPSA) is 127 Å². The van der Waals surface area contributed by atoms with E-state index in [-0.39, 0.29) is 6.42 Å². The van der Waals surface area contributed by atoms with Crippen LogP contribution in [0.4, 0.5) is 0 Å². The summed E-state index contributed by atoms with van der Waals surface area (Å²) in [6, 6.07) is 8.01. The summed E-state index contributed by atoms with van der Waals surface area (Å²) < 4.78 is 40.1. The molecule has 1 fully saturated rings. The predicted octanol–water partition coefficient (Wildman–Crippen LogP) is 5.16. The van der Waals surface area contributed by atoms with Crippen molar-refractivity contribution >= 4 is 51.4 Å². The Kier molecular flexibility index (Phi) is 10.7. The number of hydrogen-bond acceptors (Lipinski definition) is 9. The van der Waals surface area contributed by atoms with Crippen molar-refractivity contribution < 1.29 is 24.7 Å². The maximum atomic E-state index is 9.30. The molecular formula is C18H39N3O6Si6. The van der Waals surface area contributed by atoms with Crippen LogP contribution in [0.5, 0.6) is 0 Å². The first-order chi connectivity index (χ1) is 14.9. The molecule has 1 aliphatic rings. The van der Waals surface area contributed by atoms with E-state index < -0.39 is 51.4 Å². The molecule has 33 heavy (non-hydrogen) atoms. The molecule has 0 N–H and O–H groups in total. The average molecular weight is 562 g/mol. The lowest BCUT2D eigenvalue weighted by atomic mass is 10.6. The van der Waals surface area contributed by atoms with Crippen LogP contribution in [0, 0.1) is 34.0 Å². The molecule has 0 amide bonds. The Balaban J connectivity index is 3.59. The Morgan fingerprint density at radius 1 is 0.424 bits per heavy atom. The second-order valence-corrected chi connectivity index (χ2v) is 31.8. The van der Waals surface area contributed by atoms with Gasteiger partial charge in [0.2, 0.25) is 0 Å². The third kappa shape index (κ3) is 10.8. The van der Waals surface area contributed by atoms with Crippen LogP contribution in [0.25, 0.3) is 0 Å². The van der Waals surface area contributed by atoms with Gasteiger partial charge in [-0.2, -0.15) is 15.8 Å². The summed E-state index contributed by atoms with van der Waals surface area (Å²) in [4.78, 5) is 0. The molecule has 1 rings (SSSR count). The molecule has 0 aromatic carbocycles. The van der Waals surface area contributed by atoms with Crippen LogP contribution in [-0.4, -0.2) is 51.4 Å². The highest BCUT2D eigenvalue weighted by Crippen LogP contribution is 2.36. The SMILES string of the molecule is C[Si]1(C)O[Si](C)(C)O[Si](C)(CCC#N)O[Si](C)(CCC#N)O[Si](C)(CCC#N)O[Si](C)(C)O1. The largest absolute Gasteiger partial charge is 0.416 e. The molecule has 0 spiro atoms. The molecule has 0 bridgehead atoms. The van der Waals surface area contributed by atoms with E-state index in [4.69, 9.17) is 24.7 Å². The lowest BCUT2D eigenvalue weighted by Gasteiger charge is -2.48. The number of hydrogen-bond donors (Lipinski definition) is 0. The van der Waals surface area contributed by atoms with Crippen LogP contribution < -0.4 is 0 Å². The Hall–Kier alpha value is -0.469. The van der Waals surface area contributed by atoms with Crippen molar-refractivity contribution in [1.29, 1.82) is 15.8 Å². The van der Waals surface area contributed by atoms with Gasteiger partial charge in [-0.25, -0.2) is 0 Å². The van der Waals surface area contributed by atoms with Crippen molar-refractivity contribution in [3.63, 3.8) is 0 Å². The van der Waals surface area contributed by atoms with Crippen LogP contribution in [-0.2, 0) is 24.7 Å². The molecular weight excluding hydrogens is 523 g/mol. The van der Waals surface area contributed by atoms with Gasteiger partial charge < -0.3 is 24.7 Å². The molecule has 0 aromatic heterocycles. The Labute approximate surface area is 206 Å². The number of nitriles is 3. The van der Waals surface area contributed by atoms with E-state index in [1.807, 2.05) is 58.9 Å². The smallest absolute Gasteiger partial charge is 0.318 e. The summed E-state index contributed by atoms with van der Waals surface area (Å²) in [5, 5.41) is 27.8. The predicted molar refractivity (Wildman–Crippen MR) is 139 cm³/mol. The van der Waals surface area contributed by atoms with Crippen molar-refractivity contribution in [3.05, 3.63) is 0 Å². The fourth-order valence-corrected chi connectivity index (χ4v) is 36.9. The first-order valence-electron chi connectivity index (χ1n) is 11.2. The second-order valence-electron chi connectivity index (χ2n) is 10.2. The minimum Gasteiger partial charge on any atom is -0.416 e. The second kappa shape index (κ2) is 11.5. The molecule has 2 atom stereocenters. The van der Waals surface area contributed by atoms with Gasteiger partial charge in [-0.1, -0.05) is 0 Å². The van der Waals surface area contributed by atoms with Gasteiger partial charge in [0, 0.05) is 37.4 Å². The van der Waals surface area contributed by atoms with E-state index in [1.54, 1.807) is 0 Å². The highest BCUT2D eigenvalue weighted by Gasteiger charge is 2.54. The van der Waals surface area contributed by atoms with Crippen molar-refractivity contribution in [3.8, 4) is 18.2 Å². The fourth-order valence-electron chi connectivity index (χ4n) is 4.42. The molecule has 1 heterocycles. The van der Waals surface area contributed by atoms with Gasteiger partial charge in [-0.3, -0.25) is 0 Å². The Bertz CT molecular complexity index is 759. The maximum absolute atomic E-state index is 9.30. The van der Waals surface area contributed by atoms with Crippen LogP contribution in [0.1, 0.15) is 19.3 Å². The van der Waals surface area contributed by atoms with Crippen molar-refractivity contribution in [2.45, 2.75) is 96.3 Å². The molecule has 0 saturated carbocycles. The van der Waals surface area contributed by atoms with Gasteiger partial charge in [0.15, 0.2) is 0 Å². The highest BCUT2D eigenvalue weighted by atomic mass is 28.5. The zero-order chi connectivity index (χ0) is 25.6. The van der Waals surface area contributed by atoms with E-state index in [2.05, 4.69) is 18.2 Å². The zero-order valence-electron chi connectivity index (χ0n) is 21.5. The minimum absolute atomic E-state index is 0.281. The van der Waals surface area contributed by atoms with Gasteiger partial charge in [-0.15, -0.1) is 0 Å². The maximum Gasteiger partial charge on any atom is 0.318 e. The normalized spacial score (nSPS) is 34.0. The standard InChI is InChI=1S/C18H39N3O6Si6/c1-28(2)22-29(3,4)24-31(7,16-10-13-19)26-33(9,18-12-15-21)27-32(8,17-11-14-20)25-30(5,6)23-28/h10-12,16-18H2,1-9H3. The van der Waals surface area contributed by atoms with Crippen LogP contribution in [0.15, 0.2) is 0 Å². The van der Waals surface area contributed by atoms with Gasteiger partial charge in [0.1, 0.15) is 0 Å². The Morgan fingerprint density at radius 2 is 0.667 bits per heavy atom. The molecule has 0 aliphatic carbocycles. The molecule has 1 aliphatic heterocycles. The summed E-state index contributed by atoms with van der Waals surface area (Å²) in [6.45, 7) is 17.8. The highest BCUT2D eigenvalue weighted by molar-refractivity contribution is 6.93.